The summed E-state index contributed by atoms with van der Waals surface area (Å²) in [5, 5.41) is 8.66. The Balaban J connectivity index is 0.00000420. The van der Waals surface area contributed by atoms with Gasteiger partial charge in [-0.25, -0.2) is 4.39 Å². The fraction of sp³-hybridized carbons (Fsp3) is 0.483. The zero-order chi connectivity index (χ0) is 27.8. The standard InChI is InChI=1S/C29H36FN3O5.BrH/c1-7-37-22-14-18-15-32(28(31)24(18)25(30)27(22)38-8-2)16-21(34)17-12-19(29(3,4)5)26(36-6)20(13-17)33-11-9-10-23(33)35;/h12-14,31H,7-11,15-16H2,1-6H3;1H. The highest BCUT2D eigenvalue weighted by molar-refractivity contribution is 8.93. The number of benzene rings is 2. The molecule has 1 saturated heterocycles. The summed E-state index contributed by atoms with van der Waals surface area (Å²) in [5.41, 5.74) is 2.15. The second-order valence-electron chi connectivity index (χ2n) is 10.5. The van der Waals surface area contributed by atoms with E-state index in [0.29, 0.717) is 42.1 Å². The Kier molecular flexibility index (Phi) is 9.31. The lowest BCUT2D eigenvalue weighted by Crippen LogP contribution is -2.31. The van der Waals surface area contributed by atoms with Gasteiger partial charge in [-0.2, -0.15) is 0 Å². The fourth-order valence-corrected chi connectivity index (χ4v) is 5.07. The summed E-state index contributed by atoms with van der Waals surface area (Å²) in [6.45, 7) is 10.9. The number of methoxy groups -OCH3 is 1. The van der Waals surface area contributed by atoms with Crippen molar-refractivity contribution in [3.8, 4) is 17.2 Å². The van der Waals surface area contributed by atoms with Gasteiger partial charge in [0.2, 0.25) is 5.91 Å². The average molecular weight is 607 g/mol. The lowest BCUT2D eigenvalue weighted by molar-refractivity contribution is -0.117. The Bertz CT molecular complexity index is 1290. The monoisotopic (exact) mass is 605 g/mol. The van der Waals surface area contributed by atoms with E-state index in [4.69, 9.17) is 19.6 Å². The second-order valence-corrected chi connectivity index (χ2v) is 10.5. The minimum atomic E-state index is -0.651. The molecule has 0 spiro atoms. The molecule has 0 unspecified atom stereocenters. The van der Waals surface area contributed by atoms with E-state index in [-0.39, 0.29) is 76.7 Å². The molecule has 10 heteroatoms. The highest BCUT2D eigenvalue weighted by Gasteiger charge is 2.34. The summed E-state index contributed by atoms with van der Waals surface area (Å²) in [6.07, 6.45) is 1.20. The Hall–Kier alpha value is -3.14. The minimum absolute atomic E-state index is 0. The topological polar surface area (TPSA) is 92.2 Å². The van der Waals surface area contributed by atoms with Gasteiger partial charge in [0.15, 0.2) is 23.1 Å². The summed E-state index contributed by atoms with van der Waals surface area (Å²) in [5.74, 6) is -0.113. The highest BCUT2D eigenvalue weighted by Crippen LogP contribution is 2.42. The molecule has 39 heavy (non-hydrogen) atoms. The van der Waals surface area contributed by atoms with Crippen molar-refractivity contribution in [3.63, 3.8) is 0 Å². The summed E-state index contributed by atoms with van der Waals surface area (Å²) in [6, 6.07) is 5.19. The SMILES string of the molecule is Br.CCOc1cc2c(c(F)c1OCC)C(=N)N(CC(=O)c1cc(N3CCCC3=O)c(OC)c(C(C)(C)C)c1)C2. The molecular formula is C29H37BrFN3O5. The third-order valence-electron chi connectivity index (χ3n) is 6.87. The average Bonchev–Trinajstić information content (AvgIpc) is 3.42. The molecule has 8 nitrogen and oxygen atoms in total. The predicted molar refractivity (Wildman–Crippen MR) is 154 cm³/mol. The predicted octanol–water partition coefficient (Wildman–Crippen LogP) is 5.66. The van der Waals surface area contributed by atoms with E-state index in [9.17, 15) is 9.59 Å². The van der Waals surface area contributed by atoms with Crippen LogP contribution in [-0.2, 0) is 16.8 Å². The van der Waals surface area contributed by atoms with Gasteiger partial charge in [-0.05, 0) is 49.4 Å². The van der Waals surface area contributed by atoms with Crippen molar-refractivity contribution in [1.29, 1.82) is 5.41 Å². The van der Waals surface area contributed by atoms with Gasteiger partial charge in [0.25, 0.3) is 0 Å². The van der Waals surface area contributed by atoms with Crippen LogP contribution in [0, 0.1) is 11.2 Å². The Morgan fingerprint density at radius 2 is 1.79 bits per heavy atom. The Morgan fingerprint density at radius 1 is 1.10 bits per heavy atom. The first-order chi connectivity index (χ1) is 18.0. The van der Waals surface area contributed by atoms with Crippen LogP contribution in [0.2, 0.25) is 0 Å². The normalized spacial score (nSPS) is 14.8. The van der Waals surface area contributed by atoms with Crippen molar-refractivity contribution in [2.75, 3.05) is 38.3 Å². The van der Waals surface area contributed by atoms with Gasteiger partial charge in [-0.3, -0.25) is 15.0 Å². The van der Waals surface area contributed by atoms with Crippen molar-refractivity contribution >= 4 is 40.2 Å². The van der Waals surface area contributed by atoms with Gasteiger partial charge in [-0.1, -0.05) is 20.8 Å². The van der Waals surface area contributed by atoms with E-state index in [1.54, 1.807) is 49.0 Å². The first-order valence-electron chi connectivity index (χ1n) is 13.0. The molecule has 1 amide bonds. The number of anilines is 1. The smallest absolute Gasteiger partial charge is 0.227 e. The van der Waals surface area contributed by atoms with Gasteiger partial charge < -0.3 is 24.0 Å². The molecule has 2 aromatic rings. The molecule has 4 rings (SSSR count). The Labute approximate surface area is 239 Å². The molecule has 0 radical (unpaired) electrons. The quantitative estimate of drug-likeness (QED) is 0.371. The number of rotatable bonds is 9. The maximum Gasteiger partial charge on any atom is 0.227 e. The van der Waals surface area contributed by atoms with Crippen LogP contribution >= 0.6 is 17.0 Å². The van der Waals surface area contributed by atoms with Gasteiger partial charge >= 0.3 is 0 Å². The summed E-state index contributed by atoms with van der Waals surface area (Å²) in [4.78, 5) is 29.5. The third-order valence-corrected chi connectivity index (χ3v) is 6.87. The minimum Gasteiger partial charge on any atom is -0.494 e. The molecule has 1 fully saturated rings. The molecule has 0 bridgehead atoms. The number of carbonyl (C=O) groups is 2. The summed E-state index contributed by atoms with van der Waals surface area (Å²) in [7, 11) is 1.57. The van der Waals surface area contributed by atoms with E-state index in [2.05, 4.69) is 0 Å². The maximum atomic E-state index is 15.4. The first-order valence-corrected chi connectivity index (χ1v) is 13.0. The molecule has 212 valence electrons. The van der Waals surface area contributed by atoms with E-state index >= 15 is 4.39 Å². The van der Waals surface area contributed by atoms with Crippen molar-refractivity contribution in [3.05, 3.63) is 46.3 Å². The highest BCUT2D eigenvalue weighted by atomic mass is 79.9. The number of fused-ring (bicyclic) bond motifs is 1. The van der Waals surface area contributed by atoms with Crippen molar-refractivity contribution in [2.24, 2.45) is 0 Å². The molecule has 0 saturated carbocycles. The van der Waals surface area contributed by atoms with Gasteiger partial charge in [0, 0.05) is 30.6 Å². The number of Topliss-reactive ketones (excluding diaryl/α,β-unsaturated/α-hetero) is 1. The summed E-state index contributed by atoms with van der Waals surface area (Å²) < 4.78 is 32.3. The lowest BCUT2D eigenvalue weighted by atomic mass is 9.84. The fourth-order valence-electron chi connectivity index (χ4n) is 5.07. The van der Waals surface area contributed by atoms with Crippen LogP contribution in [0.4, 0.5) is 10.1 Å². The zero-order valence-corrected chi connectivity index (χ0v) is 25.1. The van der Waals surface area contributed by atoms with E-state index in [1.165, 1.54) is 0 Å². The van der Waals surface area contributed by atoms with Gasteiger partial charge in [0.1, 0.15) is 11.6 Å². The molecule has 0 aliphatic carbocycles. The number of amides is 1. The van der Waals surface area contributed by atoms with Crippen molar-refractivity contribution < 1.29 is 28.2 Å². The number of hydrogen-bond acceptors (Lipinski definition) is 6. The number of ether oxygens (including phenoxy) is 3. The maximum absolute atomic E-state index is 15.4. The zero-order valence-electron chi connectivity index (χ0n) is 23.4. The molecule has 2 aliphatic heterocycles. The Morgan fingerprint density at radius 3 is 2.36 bits per heavy atom. The van der Waals surface area contributed by atoms with Crippen LogP contribution in [0.3, 0.4) is 0 Å². The van der Waals surface area contributed by atoms with Crippen LogP contribution in [-0.4, -0.2) is 55.8 Å². The third kappa shape index (κ3) is 5.76. The first kappa shape index (κ1) is 30.4. The van der Waals surface area contributed by atoms with E-state index in [1.807, 2.05) is 20.8 Å². The molecule has 2 aromatic carbocycles. The largest absolute Gasteiger partial charge is 0.494 e. The van der Waals surface area contributed by atoms with E-state index < -0.39 is 5.82 Å². The second kappa shape index (κ2) is 11.9. The molecule has 1 N–H and O–H groups in total. The van der Waals surface area contributed by atoms with Crippen LogP contribution in [0.1, 0.15) is 74.5 Å². The van der Waals surface area contributed by atoms with E-state index in [0.717, 1.165) is 12.0 Å². The number of carbonyl (C=O) groups excluding carboxylic acids is 2. The van der Waals surface area contributed by atoms with Gasteiger partial charge in [-0.15, -0.1) is 17.0 Å². The van der Waals surface area contributed by atoms with Crippen LogP contribution in [0.15, 0.2) is 18.2 Å². The summed E-state index contributed by atoms with van der Waals surface area (Å²) >= 11 is 0. The number of halogens is 2. The number of hydrogen-bond donors (Lipinski definition) is 1. The van der Waals surface area contributed by atoms with Crippen molar-refractivity contribution in [1.82, 2.24) is 4.90 Å². The molecular weight excluding hydrogens is 569 g/mol. The molecule has 2 aliphatic rings. The number of nitrogens with zero attached hydrogens (tertiary/aromatic N) is 2. The number of amidine groups is 1. The van der Waals surface area contributed by atoms with Crippen LogP contribution < -0.4 is 19.1 Å². The van der Waals surface area contributed by atoms with Crippen molar-refractivity contribution in [2.45, 2.75) is 59.4 Å². The van der Waals surface area contributed by atoms with Crippen LogP contribution in [0.25, 0.3) is 0 Å². The molecule has 0 atom stereocenters. The van der Waals surface area contributed by atoms with Gasteiger partial charge in [0.05, 0.1) is 38.1 Å². The lowest BCUT2D eigenvalue weighted by Gasteiger charge is -2.28. The van der Waals surface area contributed by atoms with Crippen LogP contribution in [0.5, 0.6) is 17.2 Å². The molecule has 0 aromatic heterocycles. The number of ketones is 1. The molecule has 2 heterocycles. The number of nitrogens with one attached hydrogen (secondary N) is 1.